The first-order valence-electron chi connectivity index (χ1n) is 12.0. The second kappa shape index (κ2) is 9.35. The van der Waals surface area contributed by atoms with E-state index in [1.807, 2.05) is 13.8 Å². The van der Waals surface area contributed by atoms with Gasteiger partial charge in [0.2, 0.25) is 5.95 Å². The van der Waals surface area contributed by atoms with E-state index in [0.717, 1.165) is 0 Å². The summed E-state index contributed by atoms with van der Waals surface area (Å²) < 4.78 is 33.0. The van der Waals surface area contributed by atoms with E-state index in [2.05, 4.69) is 20.5 Å². The highest BCUT2D eigenvalue weighted by molar-refractivity contribution is 6.33. The molecule has 4 aromatic rings. The molecule has 2 aromatic carbocycles. The molecule has 0 spiro atoms. The van der Waals surface area contributed by atoms with Gasteiger partial charge in [0, 0.05) is 45.8 Å². The van der Waals surface area contributed by atoms with Crippen molar-refractivity contribution in [1.82, 2.24) is 29.8 Å². The van der Waals surface area contributed by atoms with Gasteiger partial charge in [0.25, 0.3) is 5.56 Å². The van der Waals surface area contributed by atoms with Crippen LogP contribution in [0.3, 0.4) is 0 Å². The molecule has 2 aliphatic heterocycles. The molecule has 0 aliphatic carbocycles. The molecule has 0 amide bonds. The number of aromatic nitrogens is 6. The summed E-state index contributed by atoms with van der Waals surface area (Å²) in [5.41, 5.74) is 7.41. The lowest BCUT2D eigenvalue weighted by molar-refractivity contribution is 0.459. The van der Waals surface area contributed by atoms with Crippen LogP contribution in [-0.2, 0) is 0 Å². The van der Waals surface area contributed by atoms with Gasteiger partial charge < -0.3 is 5.73 Å². The summed E-state index contributed by atoms with van der Waals surface area (Å²) in [7, 11) is 0. The third-order valence-electron chi connectivity index (χ3n) is 7.41. The number of anilines is 1. The molecule has 2 aromatic heterocycles. The molecule has 0 bridgehead atoms. The fourth-order valence-corrected chi connectivity index (χ4v) is 5.63. The number of fused-ring (bicyclic) bond motifs is 1. The average Bonchev–Trinajstić information content (AvgIpc) is 3.63. The predicted molar refractivity (Wildman–Crippen MR) is 144 cm³/mol. The van der Waals surface area contributed by atoms with Crippen molar-refractivity contribution in [2.24, 2.45) is 10.9 Å². The van der Waals surface area contributed by atoms with Crippen molar-refractivity contribution >= 4 is 40.2 Å². The SMILES string of the molecule is C[C@@H]1[C@@H](C2=NC(F)=C(c3ccc(N)c(Cl)c3F)C2)n2c(nc(-c3cc(Cl)ccc3-n3cnnn3)cc2=O)[C@@H]1C. The van der Waals surface area contributed by atoms with Gasteiger partial charge in [-0.05, 0) is 46.7 Å². The molecular weight excluding hydrogens is 549 g/mol. The van der Waals surface area contributed by atoms with Crippen molar-refractivity contribution in [1.29, 1.82) is 0 Å². The standard InChI is InChI=1S/C26H20Cl2F2N8O/c1-11-12(2)26-34-18(16-7-13(27)3-6-20(16)37-10-32-35-36-37)9-21(39)38(26)24(11)19-8-15(25(30)33-19)14-4-5-17(31)22(28)23(14)29/h3-7,9-12,24H,8,31H2,1-2H3/t11-,12+,24-/m0/s1. The molecule has 3 atom stereocenters. The van der Waals surface area contributed by atoms with E-state index in [1.54, 1.807) is 22.8 Å². The molecule has 0 saturated carbocycles. The van der Waals surface area contributed by atoms with E-state index in [9.17, 15) is 9.18 Å². The van der Waals surface area contributed by atoms with Crippen LogP contribution in [0.5, 0.6) is 0 Å². The Morgan fingerprint density at radius 2 is 1.87 bits per heavy atom. The Bertz CT molecular complexity index is 1770. The number of benzene rings is 2. The fourth-order valence-electron chi connectivity index (χ4n) is 5.29. The summed E-state index contributed by atoms with van der Waals surface area (Å²) in [4.78, 5) is 22.6. The minimum absolute atomic E-state index is 0.0100. The van der Waals surface area contributed by atoms with Crippen molar-refractivity contribution in [3.05, 3.63) is 86.3 Å². The number of rotatable bonds is 4. The van der Waals surface area contributed by atoms with Crippen LogP contribution in [0.1, 0.15) is 43.6 Å². The monoisotopic (exact) mass is 568 g/mol. The van der Waals surface area contributed by atoms with Crippen molar-refractivity contribution in [3.8, 4) is 16.9 Å². The Morgan fingerprint density at radius 1 is 1.08 bits per heavy atom. The van der Waals surface area contributed by atoms with Crippen molar-refractivity contribution in [3.63, 3.8) is 0 Å². The number of nitrogen functional groups attached to an aromatic ring is 1. The number of hydrogen-bond donors (Lipinski definition) is 1. The molecule has 9 nitrogen and oxygen atoms in total. The number of hydrogen-bond acceptors (Lipinski definition) is 7. The van der Waals surface area contributed by atoms with Crippen LogP contribution in [0, 0.1) is 11.7 Å². The summed E-state index contributed by atoms with van der Waals surface area (Å²) in [6, 6.07) is 8.75. The van der Waals surface area contributed by atoms with Crippen molar-refractivity contribution in [2.75, 3.05) is 5.73 Å². The Hall–Kier alpha value is -3.96. The van der Waals surface area contributed by atoms with Crippen LogP contribution in [0.15, 0.2) is 58.5 Å². The van der Waals surface area contributed by atoms with Crippen molar-refractivity contribution < 1.29 is 8.78 Å². The Balaban J connectivity index is 1.41. The largest absolute Gasteiger partial charge is 0.397 e. The summed E-state index contributed by atoms with van der Waals surface area (Å²) in [5, 5.41) is 11.5. The normalized spacial score (nSPS) is 20.5. The molecule has 6 rings (SSSR count). The van der Waals surface area contributed by atoms with E-state index in [1.165, 1.54) is 29.2 Å². The molecule has 4 heterocycles. The summed E-state index contributed by atoms with van der Waals surface area (Å²) in [6.07, 6.45) is 1.44. The summed E-state index contributed by atoms with van der Waals surface area (Å²) in [5.74, 6) is -1.42. The van der Waals surface area contributed by atoms with Gasteiger partial charge in [-0.25, -0.2) is 14.4 Å². The second-order valence-corrected chi connectivity index (χ2v) is 10.4. The Morgan fingerprint density at radius 3 is 2.62 bits per heavy atom. The van der Waals surface area contributed by atoms with Crippen LogP contribution >= 0.6 is 23.2 Å². The van der Waals surface area contributed by atoms with Gasteiger partial charge in [0.15, 0.2) is 5.82 Å². The van der Waals surface area contributed by atoms with Crippen LogP contribution < -0.4 is 11.3 Å². The van der Waals surface area contributed by atoms with Crippen LogP contribution in [0.4, 0.5) is 14.5 Å². The molecular formula is C26H20Cl2F2N8O. The van der Waals surface area contributed by atoms with E-state index >= 15 is 4.39 Å². The van der Waals surface area contributed by atoms with Crippen LogP contribution in [0.25, 0.3) is 22.5 Å². The third kappa shape index (κ3) is 4.04. The molecule has 2 aliphatic rings. The smallest absolute Gasteiger partial charge is 0.254 e. The molecule has 198 valence electrons. The molecule has 0 fully saturated rings. The molecule has 39 heavy (non-hydrogen) atoms. The predicted octanol–water partition coefficient (Wildman–Crippen LogP) is 5.39. The zero-order valence-corrected chi connectivity index (χ0v) is 22.1. The molecule has 2 N–H and O–H groups in total. The lowest BCUT2D eigenvalue weighted by Crippen LogP contribution is -2.30. The minimum Gasteiger partial charge on any atom is -0.397 e. The van der Waals surface area contributed by atoms with Gasteiger partial charge >= 0.3 is 0 Å². The van der Waals surface area contributed by atoms with Gasteiger partial charge in [0.05, 0.1) is 28.1 Å². The van der Waals surface area contributed by atoms with Gasteiger partial charge in [-0.2, -0.15) is 9.07 Å². The van der Waals surface area contributed by atoms with Crippen molar-refractivity contribution in [2.45, 2.75) is 32.2 Å². The first kappa shape index (κ1) is 25.3. The van der Waals surface area contributed by atoms with Gasteiger partial charge in [-0.3, -0.25) is 9.36 Å². The van der Waals surface area contributed by atoms with E-state index in [4.69, 9.17) is 33.9 Å². The number of nitrogens with zero attached hydrogens (tertiary/aromatic N) is 7. The second-order valence-electron chi connectivity index (χ2n) is 9.60. The highest BCUT2D eigenvalue weighted by Gasteiger charge is 2.42. The van der Waals surface area contributed by atoms with E-state index in [-0.39, 0.29) is 45.7 Å². The average molecular weight is 569 g/mol. The fraction of sp³-hybridized carbons (Fsp3) is 0.231. The number of aliphatic imine (C=N–C) groups is 1. The number of halogens is 4. The lowest BCUT2D eigenvalue weighted by Gasteiger charge is -2.20. The maximum absolute atomic E-state index is 15.1. The van der Waals surface area contributed by atoms with E-state index < -0.39 is 17.8 Å². The van der Waals surface area contributed by atoms with Crippen LogP contribution in [-0.4, -0.2) is 35.5 Å². The zero-order valence-electron chi connectivity index (χ0n) is 20.6. The minimum atomic E-state index is -0.819. The molecule has 0 radical (unpaired) electrons. The molecule has 0 saturated heterocycles. The lowest BCUT2D eigenvalue weighted by atomic mass is 9.88. The first-order valence-corrected chi connectivity index (χ1v) is 12.8. The topological polar surface area (TPSA) is 117 Å². The number of allylic oxidation sites excluding steroid dienone is 1. The number of nitrogens with two attached hydrogens (primary N) is 1. The van der Waals surface area contributed by atoms with Gasteiger partial charge in [-0.1, -0.05) is 37.0 Å². The van der Waals surface area contributed by atoms with Gasteiger partial charge in [0.1, 0.15) is 12.2 Å². The third-order valence-corrected chi connectivity index (χ3v) is 8.03. The Labute approximate surface area is 230 Å². The van der Waals surface area contributed by atoms with Gasteiger partial charge in [-0.15, -0.1) is 5.10 Å². The first-order chi connectivity index (χ1) is 18.7. The quantitative estimate of drug-likeness (QED) is 0.260. The molecule has 13 heteroatoms. The highest BCUT2D eigenvalue weighted by Crippen LogP contribution is 2.45. The van der Waals surface area contributed by atoms with Crippen LogP contribution in [0.2, 0.25) is 10.0 Å². The summed E-state index contributed by atoms with van der Waals surface area (Å²) in [6.45, 7) is 3.90. The molecule has 0 unspecified atom stereocenters. The number of tetrazole rings is 1. The maximum atomic E-state index is 15.1. The summed E-state index contributed by atoms with van der Waals surface area (Å²) >= 11 is 12.2. The Kier molecular flexibility index (Phi) is 6.07. The van der Waals surface area contributed by atoms with E-state index in [0.29, 0.717) is 33.5 Å². The zero-order chi connectivity index (χ0) is 27.6. The highest BCUT2D eigenvalue weighted by atomic mass is 35.5. The maximum Gasteiger partial charge on any atom is 0.254 e.